The lowest BCUT2D eigenvalue weighted by Crippen LogP contribution is -2.32. The van der Waals surface area contributed by atoms with Crippen molar-refractivity contribution in [3.63, 3.8) is 0 Å². The van der Waals surface area contributed by atoms with E-state index in [-0.39, 0.29) is 30.2 Å². The number of rotatable bonds is 6. The smallest absolute Gasteiger partial charge is 0.220 e. The lowest BCUT2D eigenvalue weighted by molar-refractivity contribution is -0.122. The largest absolute Gasteiger partial charge is 0.349 e. The van der Waals surface area contributed by atoms with E-state index in [0.29, 0.717) is 25.3 Å². The lowest BCUT2D eigenvalue weighted by Gasteiger charge is -2.25. The van der Waals surface area contributed by atoms with Crippen molar-refractivity contribution in [1.29, 1.82) is 0 Å². The monoisotopic (exact) mass is 314 g/mol. The van der Waals surface area contributed by atoms with Crippen LogP contribution in [0, 0.1) is 11.7 Å². The van der Waals surface area contributed by atoms with Gasteiger partial charge in [0.25, 0.3) is 0 Å². The molecule has 21 heavy (non-hydrogen) atoms. The molecule has 1 aliphatic rings. The summed E-state index contributed by atoms with van der Waals surface area (Å²) in [5, 5.41) is 3.11. The van der Waals surface area contributed by atoms with Gasteiger partial charge in [-0.15, -0.1) is 12.4 Å². The lowest BCUT2D eigenvalue weighted by atomic mass is 9.91. The molecule has 3 nitrogen and oxygen atoms in total. The summed E-state index contributed by atoms with van der Waals surface area (Å²) >= 11 is 0. The van der Waals surface area contributed by atoms with Gasteiger partial charge in [-0.3, -0.25) is 4.79 Å². The third kappa shape index (κ3) is 5.29. The van der Waals surface area contributed by atoms with E-state index in [1.165, 1.54) is 25.0 Å². The molecule has 0 aliphatic heterocycles. The van der Waals surface area contributed by atoms with Crippen molar-refractivity contribution in [2.24, 2.45) is 11.7 Å². The first-order valence-electron chi connectivity index (χ1n) is 7.45. The first-order valence-corrected chi connectivity index (χ1v) is 7.45. The quantitative estimate of drug-likeness (QED) is 0.846. The average molecular weight is 315 g/mol. The molecule has 0 saturated heterocycles. The summed E-state index contributed by atoms with van der Waals surface area (Å²) in [4.78, 5) is 12.0. The summed E-state index contributed by atoms with van der Waals surface area (Å²) in [6, 6.07) is 6.48. The summed E-state index contributed by atoms with van der Waals surface area (Å²) in [7, 11) is 0. The number of carbonyl (C=O) groups is 1. The van der Waals surface area contributed by atoms with Crippen LogP contribution in [-0.4, -0.2) is 12.5 Å². The zero-order valence-corrected chi connectivity index (χ0v) is 13.0. The van der Waals surface area contributed by atoms with Crippen LogP contribution >= 0.6 is 12.4 Å². The molecule has 0 aromatic heterocycles. The Bertz CT molecular complexity index is 432. The normalized spacial score (nSPS) is 16.3. The number of nitrogens with one attached hydrogen (secondary N) is 1. The molecule has 0 heterocycles. The van der Waals surface area contributed by atoms with Gasteiger partial charge < -0.3 is 11.1 Å². The molecular formula is C16H24ClFN2O. The fourth-order valence-electron chi connectivity index (χ4n) is 2.94. The summed E-state index contributed by atoms with van der Waals surface area (Å²) in [6.07, 6.45) is 5.83. The van der Waals surface area contributed by atoms with Crippen LogP contribution in [-0.2, 0) is 4.79 Å². The van der Waals surface area contributed by atoms with E-state index in [4.69, 9.17) is 5.73 Å². The van der Waals surface area contributed by atoms with Crippen LogP contribution in [0.15, 0.2) is 24.3 Å². The Hall–Kier alpha value is -1.13. The van der Waals surface area contributed by atoms with Crippen LogP contribution in [0.4, 0.5) is 4.39 Å². The minimum absolute atomic E-state index is 0. The fourth-order valence-corrected chi connectivity index (χ4v) is 2.94. The van der Waals surface area contributed by atoms with Gasteiger partial charge in [-0.2, -0.15) is 0 Å². The summed E-state index contributed by atoms with van der Waals surface area (Å²) < 4.78 is 13.1. The van der Waals surface area contributed by atoms with Crippen molar-refractivity contribution in [1.82, 2.24) is 5.32 Å². The second kappa shape index (κ2) is 9.00. The van der Waals surface area contributed by atoms with Gasteiger partial charge in [-0.1, -0.05) is 25.0 Å². The zero-order valence-electron chi connectivity index (χ0n) is 12.2. The average Bonchev–Trinajstić information content (AvgIpc) is 2.97. The molecule has 0 bridgehead atoms. The highest BCUT2D eigenvalue weighted by Crippen LogP contribution is 2.35. The number of hydrogen-bond donors (Lipinski definition) is 2. The Morgan fingerprint density at radius 3 is 2.48 bits per heavy atom. The SMILES string of the molecule is Cl.NCCCC(=O)NC(c1ccc(F)cc1)C1CCCC1. The third-order valence-corrected chi connectivity index (χ3v) is 4.02. The van der Waals surface area contributed by atoms with Gasteiger partial charge in [-0.25, -0.2) is 4.39 Å². The Balaban J connectivity index is 0.00000220. The van der Waals surface area contributed by atoms with Gasteiger partial charge in [0.2, 0.25) is 5.91 Å². The van der Waals surface area contributed by atoms with Crippen LogP contribution < -0.4 is 11.1 Å². The third-order valence-electron chi connectivity index (χ3n) is 4.02. The summed E-state index contributed by atoms with van der Waals surface area (Å²) in [5.74, 6) is 0.257. The second-order valence-electron chi connectivity index (χ2n) is 5.53. The second-order valence-corrected chi connectivity index (χ2v) is 5.53. The molecule has 1 atom stereocenters. The fraction of sp³-hybridized carbons (Fsp3) is 0.562. The number of carbonyl (C=O) groups excluding carboxylic acids is 1. The predicted octanol–water partition coefficient (Wildman–Crippen LogP) is 3.33. The van der Waals surface area contributed by atoms with E-state index in [0.717, 1.165) is 18.4 Å². The van der Waals surface area contributed by atoms with E-state index in [1.807, 2.05) is 0 Å². The predicted molar refractivity (Wildman–Crippen MR) is 84.8 cm³/mol. The van der Waals surface area contributed by atoms with Gasteiger partial charge >= 0.3 is 0 Å². The van der Waals surface area contributed by atoms with Gasteiger partial charge in [0.1, 0.15) is 5.82 Å². The Morgan fingerprint density at radius 1 is 1.29 bits per heavy atom. The van der Waals surface area contributed by atoms with Gasteiger partial charge in [0, 0.05) is 6.42 Å². The van der Waals surface area contributed by atoms with Crippen molar-refractivity contribution < 1.29 is 9.18 Å². The van der Waals surface area contributed by atoms with Crippen LogP contribution in [0.1, 0.15) is 50.1 Å². The number of nitrogens with two attached hydrogens (primary N) is 1. The van der Waals surface area contributed by atoms with Gasteiger partial charge in [0.15, 0.2) is 0 Å². The molecule has 118 valence electrons. The molecule has 1 aromatic carbocycles. The molecule has 2 rings (SSSR count). The molecule has 5 heteroatoms. The molecule has 1 amide bonds. The van der Waals surface area contributed by atoms with E-state index in [1.54, 1.807) is 12.1 Å². The van der Waals surface area contributed by atoms with Crippen molar-refractivity contribution >= 4 is 18.3 Å². The Kier molecular flexibility index (Phi) is 7.68. The van der Waals surface area contributed by atoms with E-state index in [2.05, 4.69) is 5.32 Å². The maximum atomic E-state index is 13.1. The van der Waals surface area contributed by atoms with Gasteiger partial charge in [-0.05, 0) is 49.4 Å². The first-order chi connectivity index (χ1) is 9.70. The molecule has 1 aliphatic carbocycles. The molecule has 1 saturated carbocycles. The van der Waals surface area contributed by atoms with E-state index in [9.17, 15) is 9.18 Å². The number of amides is 1. The minimum Gasteiger partial charge on any atom is -0.349 e. The first kappa shape index (κ1) is 17.9. The molecule has 1 aromatic rings. The van der Waals surface area contributed by atoms with E-state index < -0.39 is 0 Å². The Morgan fingerprint density at radius 2 is 1.90 bits per heavy atom. The number of benzene rings is 1. The molecule has 1 fully saturated rings. The number of hydrogen-bond acceptors (Lipinski definition) is 2. The van der Waals surface area contributed by atoms with Crippen LogP contribution in [0.5, 0.6) is 0 Å². The van der Waals surface area contributed by atoms with Crippen molar-refractivity contribution in [2.45, 2.75) is 44.6 Å². The van der Waals surface area contributed by atoms with Crippen molar-refractivity contribution in [2.75, 3.05) is 6.54 Å². The highest BCUT2D eigenvalue weighted by atomic mass is 35.5. The highest BCUT2D eigenvalue weighted by molar-refractivity contribution is 5.85. The zero-order chi connectivity index (χ0) is 14.4. The van der Waals surface area contributed by atoms with Crippen LogP contribution in [0.3, 0.4) is 0 Å². The van der Waals surface area contributed by atoms with Crippen molar-refractivity contribution in [3.8, 4) is 0 Å². The maximum absolute atomic E-state index is 13.1. The summed E-state index contributed by atoms with van der Waals surface area (Å²) in [5.41, 5.74) is 6.44. The van der Waals surface area contributed by atoms with Crippen LogP contribution in [0.2, 0.25) is 0 Å². The van der Waals surface area contributed by atoms with E-state index >= 15 is 0 Å². The Labute approximate surface area is 131 Å². The van der Waals surface area contributed by atoms with Crippen molar-refractivity contribution in [3.05, 3.63) is 35.6 Å². The topological polar surface area (TPSA) is 55.1 Å². The molecule has 1 unspecified atom stereocenters. The molecular weight excluding hydrogens is 291 g/mol. The van der Waals surface area contributed by atoms with Gasteiger partial charge in [0.05, 0.1) is 6.04 Å². The highest BCUT2D eigenvalue weighted by Gasteiger charge is 2.27. The standard InChI is InChI=1S/C16H23FN2O.ClH/c17-14-9-7-13(8-10-14)16(12-4-1-2-5-12)19-15(20)6-3-11-18;/h7-10,12,16H,1-6,11,18H2,(H,19,20);1H. The molecule has 0 spiro atoms. The molecule has 0 radical (unpaired) electrons. The summed E-state index contributed by atoms with van der Waals surface area (Å²) in [6.45, 7) is 0.526. The minimum atomic E-state index is -0.242. The maximum Gasteiger partial charge on any atom is 0.220 e. The number of halogens is 2. The van der Waals surface area contributed by atoms with Crippen LogP contribution in [0.25, 0.3) is 0 Å². The molecule has 3 N–H and O–H groups in total.